The van der Waals surface area contributed by atoms with Crippen LogP contribution in [0.3, 0.4) is 0 Å². The first-order valence-corrected chi connectivity index (χ1v) is 7.42. The highest BCUT2D eigenvalue weighted by atomic mass is 16.5. The van der Waals surface area contributed by atoms with Crippen LogP contribution in [0.1, 0.15) is 16.7 Å². The number of nitrogens with one attached hydrogen (secondary N) is 1. The molecule has 0 aromatic heterocycles. The molecular weight excluding hydrogens is 290 g/mol. The van der Waals surface area contributed by atoms with Crippen LogP contribution in [0.25, 0.3) is 0 Å². The van der Waals surface area contributed by atoms with Crippen LogP contribution in [-0.2, 0) is 17.8 Å². The lowest BCUT2D eigenvalue weighted by Gasteiger charge is -2.04. The molecule has 2 aromatic carbocycles. The number of ether oxygens (including phenoxy) is 1. The van der Waals surface area contributed by atoms with Crippen molar-refractivity contribution < 1.29 is 14.6 Å². The highest BCUT2D eigenvalue weighted by Gasteiger charge is 2.00. The number of alkyl carbamates (subject to hydrolysis) is 1. The number of amides is 1. The molecule has 0 aliphatic carbocycles. The molecular formula is C19H19NO3. The third kappa shape index (κ3) is 5.85. The third-order valence-corrected chi connectivity index (χ3v) is 3.16. The van der Waals surface area contributed by atoms with Crippen LogP contribution in [0.2, 0.25) is 0 Å². The molecule has 1 amide bonds. The first-order valence-electron chi connectivity index (χ1n) is 7.42. The van der Waals surface area contributed by atoms with Crippen LogP contribution in [0.4, 0.5) is 4.79 Å². The molecule has 0 saturated heterocycles. The summed E-state index contributed by atoms with van der Waals surface area (Å²) in [5, 5.41) is 11.6. The Balaban J connectivity index is 1.78. The van der Waals surface area contributed by atoms with Crippen LogP contribution < -0.4 is 5.32 Å². The maximum atomic E-state index is 11.6. The first kappa shape index (κ1) is 16.6. The first-order chi connectivity index (χ1) is 11.3. The predicted molar refractivity (Wildman–Crippen MR) is 88.7 cm³/mol. The summed E-state index contributed by atoms with van der Waals surface area (Å²) in [6.45, 7) is 0.531. The molecule has 4 nitrogen and oxygen atoms in total. The Morgan fingerprint density at radius 1 is 1.09 bits per heavy atom. The summed E-state index contributed by atoms with van der Waals surface area (Å²) in [5.74, 6) is 5.88. The van der Waals surface area contributed by atoms with Gasteiger partial charge in [-0.1, -0.05) is 60.4 Å². The highest BCUT2D eigenvalue weighted by molar-refractivity contribution is 5.67. The number of carbonyl (C=O) groups is 1. The second-order valence-electron chi connectivity index (χ2n) is 4.85. The quantitative estimate of drug-likeness (QED) is 0.834. The molecule has 2 N–H and O–H groups in total. The van der Waals surface area contributed by atoms with Crippen molar-refractivity contribution in [3.05, 3.63) is 71.3 Å². The van der Waals surface area contributed by atoms with Gasteiger partial charge in [-0.25, -0.2) is 4.79 Å². The lowest BCUT2D eigenvalue weighted by atomic mass is 10.1. The Kier molecular flexibility index (Phi) is 6.70. The van der Waals surface area contributed by atoms with Crippen LogP contribution in [0, 0.1) is 11.8 Å². The summed E-state index contributed by atoms with van der Waals surface area (Å²) >= 11 is 0. The van der Waals surface area contributed by atoms with Gasteiger partial charge in [0.2, 0.25) is 0 Å². The molecule has 0 spiro atoms. The van der Waals surface area contributed by atoms with Crippen molar-refractivity contribution in [1.82, 2.24) is 5.32 Å². The van der Waals surface area contributed by atoms with E-state index in [2.05, 4.69) is 17.2 Å². The molecule has 0 radical (unpaired) electrons. The van der Waals surface area contributed by atoms with E-state index in [1.807, 2.05) is 54.6 Å². The number of aliphatic hydroxyl groups is 1. The fourth-order valence-electron chi connectivity index (χ4n) is 2.01. The second-order valence-corrected chi connectivity index (χ2v) is 4.85. The summed E-state index contributed by atoms with van der Waals surface area (Å²) in [6, 6.07) is 17.1. The average Bonchev–Trinajstić information content (AvgIpc) is 2.59. The molecule has 0 fully saturated rings. The van der Waals surface area contributed by atoms with Crippen molar-refractivity contribution in [2.24, 2.45) is 0 Å². The summed E-state index contributed by atoms with van der Waals surface area (Å²) in [4.78, 5) is 11.6. The topological polar surface area (TPSA) is 58.6 Å². The molecule has 0 saturated carbocycles. The molecule has 0 atom stereocenters. The maximum absolute atomic E-state index is 11.6. The number of benzene rings is 2. The molecule has 0 heterocycles. The fourth-order valence-corrected chi connectivity index (χ4v) is 2.01. The Bertz CT molecular complexity index is 687. The van der Waals surface area contributed by atoms with Crippen molar-refractivity contribution in [3.8, 4) is 11.8 Å². The minimum Gasteiger partial charge on any atom is -0.445 e. The van der Waals surface area contributed by atoms with Gasteiger partial charge in [0.05, 0.1) is 6.54 Å². The van der Waals surface area contributed by atoms with Crippen molar-refractivity contribution in [2.75, 3.05) is 13.2 Å². The van der Waals surface area contributed by atoms with Crippen LogP contribution in [-0.4, -0.2) is 24.4 Å². The van der Waals surface area contributed by atoms with E-state index in [-0.39, 0.29) is 19.8 Å². The van der Waals surface area contributed by atoms with E-state index in [9.17, 15) is 4.79 Å². The van der Waals surface area contributed by atoms with Gasteiger partial charge >= 0.3 is 6.09 Å². The molecule has 2 rings (SSSR count). The molecule has 0 bridgehead atoms. The van der Waals surface area contributed by atoms with Crippen LogP contribution in [0.5, 0.6) is 0 Å². The predicted octanol–water partition coefficient (Wildman–Crippen LogP) is 2.50. The van der Waals surface area contributed by atoms with Crippen LogP contribution >= 0.6 is 0 Å². The Morgan fingerprint density at radius 2 is 1.83 bits per heavy atom. The maximum Gasteiger partial charge on any atom is 0.408 e. The molecule has 4 heteroatoms. The van der Waals surface area contributed by atoms with Crippen molar-refractivity contribution in [3.63, 3.8) is 0 Å². The summed E-state index contributed by atoms with van der Waals surface area (Å²) < 4.78 is 5.09. The molecule has 2 aromatic rings. The van der Waals surface area contributed by atoms with E-state index in [0.29, 0.717) is 6.42 Å². The van der Waals surface area contributed by atoms with Crippen molar-refractivity contribution in [1.29, 1.82) is 0 Å². The molecule has 0 aliphatic heterocycles. The lowest BCUT2D eigenvalue weighted by molar-refractivity contribution is 0.141. The monoisotopic (exact) mass is 309 g/mol. The fraction of sp³-hybridized carbons (Fsp3) is 0.211. The second kappa shape index (κ2) is 9.29. The standard InChI is InChI=1S/C19H19NO3/c21-14-12-18-10-5-4-9-17(18)11-6-13-20-19(22)23-15-16-7-2-1-3-8-16/h1-5,7-10,21H,12-15H2,(H,20,22). The van der Waals surface area contributed by atoms with Gasteiger partial charge in [0.25, 0.3) is 0 Å². The van der Waals surface area contributed by atoms with Gasteiger partial charge in [-0.05, 0) is 23.6 Å². The Hall–Kier alpha value is -2.77. The van der Waals surface area contributed by atoms with Gasteiger partial charge in [-0.15, -0.1) is 0 Å². The molecule has 0 unspecified atom stereocenters. The normalized spacial score (nSPS) is 9.61. The molecule has 23 heavy (non-hydrogen) atoms. The third-order valence-electron chi connectivity index (χ3n) is 3.16. The zero-order chi connectivity index (χ0) is 16.3. The van der Waals surface area contributed by atoms with E-state index in [1.165, 1.54) is 0 Å². The van der Waals surface area contributed by atoms with Crippen molar-refractivity contribution in [2.45, 2.75) is 13.0 Å². The number of hydrogen-bond acceptors (Lipinski definition) is 3. The van der Waals surface area contributed by atoms with Gasteiger partial charge in [0.15, 0.2) is 0 Å². The summed E-state index contributed by atoms with van der Waals surface area (Å²) in [6.07, 6.45) is 0.0732. The SMILES string of the molecule is O=C(NCC#Cc1ccccc1CCO)OCc1ccccc1. The van der Waals surface area contributed by atoms with Gasteiger partial charge in [-0.3, -0.25) is 0 Å². The molecule has 0 aliphatic rings. The summed E-state index contributed by atoms with van der Waals surface area (Å²) in [7, 11) is 0. The van der Waals surface area contributed by atoms with Gasteiger partial charge in [0, 0.05) is 12.2 Å². The minimum atomic E-state index is -0.494. The average molecular weight is 309 g/mol. The number of aliphatic hydroxyl groups excluding tert-OH is 1. The summed E-state index contributed by atoms with van der Waals surface area (Å²) in [5.41, 5.74) is 2.79. The molecule has 118 valence electrons. The zero-order valence-electron chi connectivity index (χ0n) is 12.8. The number of rotatable bonds is 5. The zero-order valence-corrected chi connectivity index (χ0v) is 12.8. The van der Waals surface area contributed by atoms with E-state index in [4.69, 9.17) is 9.84 Å². The van der Waals surface area contributed by atoms with Crippen molar-refractivity contribution >= 4 is 6.09 Å². The Labute approximate surface area is 136 Å². The minimum absolute atomic E-state index is 0.0861. The van der Waals surface area contributed by atoms with Gasteiger partial charge in [-0.2, -0.15) is 0 Å². The van der Waals surface area contributed by atoms with E-state index in [1.54, 1.807) is 0 Å². The highest BCUT2D eigenvalue weighted by Crippen LogP contribution is 2.07. The van der Waals surface area contributed by atoms with Crippen LogP contribution in [0.15, 0.2) is 54.6 Å². The number of hydrogen-bond donors (Lipinski definition) is 2. The number of carbonyl (C=O) groups excluding carboxylic acids is 1. The largest absolute Gasteiger partial charge is 0.445 e. The lowest BCUT2D eigenvalue weighted by Crippen LogP contribution is -2.24. The van der Waals surface area contributed by atoms with E-state index >= 15 is 0 Å². The Morgan fingerprint density at radius 3 is 2.61 bits per heavy atom. The van der Waals surface area contributed by atoms with Gasteiger partial charge in [0.1, 0.15) is 6.61 Å². The van der Waals surface area contributed by atoms with E-state index in [0.717, 1.165) is 16.7 Å². The van der Waals surface area contributed by atoms with E-state index < -0.39 is 6.09 Å². The smallest absolute Gasteiger partial charge is 0.408 e. The van der Waals surface area contributed by atoms with Gasteiger partial charge < -0.3 is 15.2 Å².